The van der Waals surface area contributed by atoms with Crippen LogP contribution >= 0.6 is 0 Å². The minimum atomic E-state index is -0.600. The molecule has 2 aliphatic rings. The third-order valence-corrected chi connectivity index (χ3v) is 4.28. The molecule has 1 saturated carbocycles. The molecule has 1 N–H and O–H groups in total. The van der Waals surface area contributed by atoms with Crippen molar-refractivity contribution in [1.82, 2.24) is 4.90 Å². The van der Waals surface area contributed by atoms with Crippen LogP contribution in [0.1, 0.15) is 46.5 Å². The van der Waals surface area contributed by atoms with Gasteiger partial charge in [0, 0.05) is 18.7 Å². The molecule has 0 aromatic rings. The Morgan fingerprint density at radius 2 is 1.67 bits per heavy atom. The second-order valence-corrected chi connectivity index (χ2v) is 5.95. The zero-order valence-electron chi connectivity index (χ0n) is 13.0. The van der Waals surface area contributed by atoms with Gasteiger partial charge in [-0.2, -0.15) is 0 Å². The standard InChI is InChI=1S/C10H18O2.C6H7NO2/c1-7(2)8-3-5-9(6-4-8)10(11)12;1-2-7-5(8)3-4-6(7)9/h7-9H,3-6H2,1-2H3,(H,11,12);3-4H,2H2,1H3. The highest BCUT2D eigenvalue weighted by Gasteiger charge is 2.27. The molecule has 1 aliphatic heterocycles. The summed E-state index contributed by atoms with van der Waals surface area (Å²) in [6, 6.07) is 0. The number of hydrogen-bond acceptors (Lipinski definition) is 3. The van der Waals surface area contributed by atoms with Gasteiger partial charge < -0.3 is 5.11 Å². The molecule has 1 heterocycles. The van der Waals surface area contributed by atoms with Crippen molar-refractivity contribution in [2.45, 2.75) is 46.5 Å². The first-order valence-electron chi connectivity index (χ1n) is 7.63. The van der Waals surface area contributed by atoms with E-state index in [4.69, 9.17) is 5.11 Å². The number of hydrogen-bond donors (Lipinski definition) is 1. The fourth-order valence-corrected chi connectivity index (χ4v) is 2.78. The molecule has 21 heavy (non-hydrogen) atoms. The fourth-order valence-electron chi connectivity index (χ4n) is 2.78. The van der Waals surface area contributed by atoms with Crippen LogP contribution in [-0.2, 0) is 14.4 Å². The first-order valence-corrected chi connectivity index (χ1v) is 7.63. The number of carbonyl (C=O) groups is 3. The smallest absolute Gasteiger partial charge is 0.306 e. The summed E-state index contributed by atoms with van der Waals surface area (Å²) in [6.45, 7) is 6.69. The Balaban J connectivity index is 0.000000219. The van der Waals surface area contributed by atoms with Crippen molar-refractivity contribution in [2.75, 3.05) is 6.54 Å². The summed E-state index contributed by atoms with van der Waals surface area (Å²) in [5, 5.41) is 8.76. The van der Waals surface area contributed by atoms with Crippen molar-refractivity contribution in [2.24, 2.45) is 17.8 Å². The molecular weight excluding hydrogens is 270 g/mol. The molecule has 5 heteroatoms. The number of carboxylic acids is 1. The van der Waals surface area contributed by atoms with Crippen LogP contribution in [-0.4, -0.2) is 34.3 Å². The Kier molecular flexibility index (Phi) is 6.59. The highest BCUT2D eigenvalue weighted by atomic mass is 16.4. The second kappa shape index (κ2) is 7.96. The van der Waals surface area contributed by atoms with Crippen molar-refractivity contribution in [1.29, 1.82) is 0 Å². The first-order chi connectivity index (χ1) is 9.86. The Morgan fingerprint density at radius 3 is 1.95 bits per heavy atom. The van der Waals surface area contributed by atoms with Crippen LogP contribution in [0.3, 0.4) is 0 Å². The van der Waals surface area contributed by atoms with Crippen LogP contribution in [0.2, 0.25) is 0 Å². The summed E-state index contributed by atoms with van der Waals surface area (Å²) in [5.41, 5.74) is 0. The van der Waals surface area contributed by atoms with Gasteiger partial charge >= 0.3 is 5.97 Å². The molecule has 118 valence electrons. The van der Waals surface area contributed by atoms with Gasteiger partial charge in [0.1, 0.15) is 0 Å². The number of carbonyl (C=O) groups excluding carboxylic acids is 2. The Hall–Kier alpha value is -1.65. The molecule has 0 atom stereocenters. The lowest BCUT2D eigenvalue weighted by Gasteiger charge is -2.28. The van der Waals surface area contributed by atoms with Gasteiger partial charge in [-0.25, -0.2) is 0 Å². The third kappa shape index (κ3) is 4.99. The monoisotopic (exact) mass is 295 g/mol. The Labute approximate surface area is 126 Å². The van der Waals surface area contributed by atoms with E-state index < -0.39 is 5.97 Å². The van der Waals surface area contributed by atoms with E-state index in [1.54, 1.807) is 6.92 Å². The molecule has 2 amide bonds. The van der Waals surface area contributed by atoms with E-state index >= 15 is 0 Å². The average molecular weight is 295 g/mol. The van der Waals surface area contributed by atoms with Crippen LogP contribution in [0, 0.1) is 17.8 Å². The molecule has 0 radical (unpaired) electrons. The first kappa shape index (κ1) is 17.4. The molecular formula is C16H25NO4. The molecule has 0 bridgehead atoms. The lowest BCUT2D eigenvalue weighted by Crippen LogP contribution is -2.29. The largest absolute Gasteiger partial charge is 0.481 e. The van der Waals surface area contributed by atoms with Crippen LogP contribution in [0.15, 0.2) is 12.2 Å². The van der Waals surface area contributed by atoms with Crippen molar-refractivity contribution < 1.29 is 19.5 Å². The maximum Gasteiger partial charge on any atom is 0.306 e. The number of nitrogens with zero attached hydrogens (tertiary/aromatic N) is 1. The molecule has 0 spiro atoms. The topological polar surface area (TPSA) is 74.7 Å². The van der Waals surface area contributed by atoms with E-state index in [2.05, 4.69) is 13.8 Å². The molecule has 1 fully saturated rings. The summed E-state index contributed by atoms with van der Waals surface area (Å²) in [4.78, 5) is 33.1. The van der Waals surface area contributed by atoms with Crippen LogP contribution in [0.25, 0.3) is 0 Å². The maximum atomic E-state index is 10.6. The zero-order chi connectivity index (χ0) is 16.0. The number of amides is 2. The summed E-state index contributed by atoms with van der Waals surface area (Å²) in [7, 11) is 0. The van der Waals surface area contributed by atoms with Crippen LogP contribution < -0.4 is 0 Å². The predicted octanol–water partition coefficient (Wildman–Crippen LogP) is 2.46. The molecule has 0 unspecified atom stereocenters. The molecule has 0 saturated heterocycles. The lowest BCUT2D eigenvalue weighted by molar-refractivity contribution is -0.143. The number of carboxylic acid groups (broad SMARTS) is 1. The normalized spacial score (nSPS) is 25.0. The highest BCUT2D eigenvalue weighted by Crippen LogP contribution is 2.33. The fraction of sp³-hybridized carbons (Fsp3) is 0.688. The van der Waals surface area contributed by atoms with Gasteiger partial charge in [0.15, 0.2) is 0 Å². The molecule has 0 aromatic heterocycles. The van der Waals surface area contributed by atoms with E-state index in [-0.39, 0.29) is 17.7 Å². The van der Waals surface area contributed by atoms with Gasteiger partial charge in [-0.15, -0.1) is 0 Å². The number of likely N-dealkylation sites (N-methyl/N-ethyl adjacent to an activating group) is 1. The van der Waals surface area contributed by atoms with Crippen molar-refractivity contribution in [3.8, 4) is 0 Å². The van der Waals surface area contributed by atoms with Crippen LogP contribution in [0.4, 0.5) is 0 Å². The molecule has 0 aromatic carbocycles. The van der Waals surface area contributed by atoms with Crippen molar-refractivity contribution in [3.63, 3.8) is 0 Å². The quantitative estimate of drug-likeness (QED) is 0.812. The highest BCUT2D eigenvalue weighted by molar-refractivity contribution is 6.12. The molecule has 5 nitrogen and oxygen atoms in total. The maximum absolute atomic E-state index is 10.6. The van der Waals surface area contributed by atoms with Gasteiger partial charge in [-0.3, -0.25) is 19.3 Å². The number of aliphatic carboxylic acids is 1. The average Bonchev–Trinajstić information content (AvgIpc) is 2.78. The summed E-state index contributed by atoms with van der Waals surface area (Å²) in [6.07, 6.45) is 6.55. The van der Waals surface area contributed by atoms with Crippen LogP contribution in [0.5, 0.6) is 0 Å². The van der Waals surface area contributed by atoms with E-state index in [0.717, 1.165) is 37.5 Å². The van der Waals surface area contributed by atoms with E-state index in [1.807, 2.05) is 0 Å². The van der Waals surface area contributed by atoms with Gasteiger partial charge in [-0.1, -0.05) is 13.8 Å². The molecule has 2 rings (SSSR count). The van der Waals surface area contributed by atoms with E-state index in [0.29, 0.717) is 6.54 Å². The number of rotatable bonds is 3. The third-order valence-electron chi connectivity index (χ3n) is 4.28. The Morgan fingerprint density at radius 1 is 1.19 bits per heavy atom. The van der Waals surface area contributed by atoms with Gasteiger partial charge in [0.2, 0.25) is 0 Å². The van der Waals surface area contributed by atoms with E-state index in [1.165, 1.54) is 17.1 Å². The minimum Gasteiger partial charge on any atom is -0.481 e. The summed E-state index contributed by atoms with van der Waals surface area (Å²) < 4.78 is 0. The zero-order valence-corrected chi connectivity index (χ0v) is 13.0. The summed E-state index contributed by atoms with van der Waals surface area (Å²) >= 11 is 0. The van der Waals surface area contributed by atoms with Crippen molar-refractivity contribution in [3.05, 3.63) is 12.2 Å². The Bertz CT molecular complexity index is 402. The van der Waals surface area contributed by atoms with E-state index in [9.17, 15) is 14.4 Å². The second-order valence-electron chi connectivity index (χ2n) is 5.95. The summed E-state index contributed by atoms with van der Waals surface area (Å²) in [5.74, 6) is 0.419. The minimum absolute atomic E-state index is 0.0556. The van der Waals surface area contributed by atoms with Crippen molar-refractivity contribution >= 4 is 17.8 Å². The van der Waals surface area contributed by atoms with Gasteiger partial charge in [0.25, 0.3) is 11.8 Å². The van der Waals surface area contributed by atoms with Gasteiger partial charge in [0.05, 0.1) is 5.92 Å². The molecule has 1 aliphatic carbocycles. The SMILES string of the molecule is CC(C)C1CCC(C(=O)O)CC1.CCN1C(=O)C=CC1=O. The number of imide groups is 1. The van der Waals surface area contributed by atoms with Gasteiger partial charge in [-0.05, 0) is 44.4 Å². The lowest BCUT2D eigenvalue weighted by atomic mass is 9.77. The predicted molar refractivity (Wildman–Crippen MR) is 79.5 cm³/mol.